The number of phosphoric ester groups is 2. The van der Waals surface area contributed by atoms with Crippen molar-refractivity contribution in [3.8, 4) is 0 Å². The van der Waals surface area contributed by atoms with E-state index in [1.165, 1.54) is 173 Å². The van der Waals surface area contributed by atoms with E-state index in [-0.39, 0.29) is 25.7 Å². The molecule has 3 N–H and O–H groups in total. The third kappa shape index (κ3) is 69.2. The highest BCUT2D eigenvalue weighted by Crippen LogP contribution is 2.45. The number of carbonyl (C=O) groups is 4. The van der Waals surface area contributed by atoms with Crippen molar-refractivity contribution in [2.24, 2.45) is 0 Å². The molecule has 0 spiro atoms. The number of hydrogen-bond acceptors (Lipinski definition) is 15. The molecule has 0 heterocycles. The molecule has 0 radical (unpaired) electrons. The van der Waals surface area contributed by atoms with Crippen molar-refractivity contribution in [1.82, 2.24) is 0 Å². The Morgan fingerprint density at radius 2 is 0.542 bits per heavy atom. The van der Waals surface area contributed by atoms with Gasteiger partial charge in [-0.05, 0) is 51.4 Å². The molecular formula is C77H140O17P2. The average molecular weight is 1400 g/mol. The predicted octanol–water partition coefficient (Wildman–Crippen LogP) is 21.9. The lowest BCUT2D eigenvalue weighted by atomic mass is 10.0. The lowest BCUT2D eigenvalue weighted by Crippen LogP contribution is -2.30. The van der Waals surface area contributed by atoms with Gasteiger partial charge in [-0.15, -0.1) is 0 Å². The fourth-order valence-corrected chi connectivity index (χ4v) is 12.3. The van der Waals surface area contributed by atoms with Crippen LogP contribution in [0.2, 0.25) is 0 Å². The number of ether oxygens (including phenoxy) is 4. The second-order valence-corrected chi connectivity index (χ2v) is 28.9. The van der Waals surface area contributed by atoms with Crippen LogP contribution in [0.15, 0.2) is 60.8 Å². The summed E-state index contributed by atoms with van der Waals surface area (Å²) in [6.07, 6.45) is 68.1. The first-order valence-electron chi connectivity index (χ1n) is 38.5. The number of rotatable bonds is 73. The van der Waals surface area contributed by atoms with E-state index >= 15 is 0 Å². The van der Waals surface area contributed by atoms with Gasteiger partial charge < -0.3 is 33.8 Å². The van der Waals surface area contributed by atoms with Gasteiger partial charge in [-0.3, -0.25) is 37.3 Å². The van der Waals surface area contributed by atoms with Crippen molar-refractivity contribution in [3.05, 3.63) is 60.8 Å². The quantitative estimate of drug-likeness (QED) is 0.0169. The predicted molar refractivity (Wildman–Crippen MR) is 390 cm³/mol. The molecule has 0 amide bonds. The Bertz CT molecular complexity index is 2060. The van der Waals surface area contributed by atoms with Gasteiger partial charge in [0.25, 0.3) is 0 Å². The van der Waals surface area contributed by atoms with Gasteiger partial charge in [0, 0.05) is 19.3 Å². The normalized spacial score (nSPS) is 14.3. The number of esters is 4. The first-order valence-corrected chi connectivity index (χ1v) is 41.5. The number of phosphoric acid groups is 2. The van der Waals surface area contributed by atoms with Gasteiger partial charge >= 0.3 is 39.5 Å². The molecule has 5 unspecified atom stereocenters. The molecule has 0 aromatic rings. The van der Waals surface area contributed by atoms with Crippen LogP contribution < -0.4 is 0 Å². The molecule has 0 saturated heterocycles. The SMILES string of the molecule is CC/C=C\C/C=C\C/C=C\C/C=C\C/C=C\CC(=O)OCC(COP(=O)(O)OCC(O)COP(=O)(O)OCC(COC(=O)CCCCCCCCCCCCCCC)OC(=O)CCCCCCCCCCCCCCC)OC(=O)CCCCCCCCCCCCCCCCC. The maximum atomic E-state index is 13.1. The zero-order valence-corrected chi connectivity index (χ0v) is 62.8. The summed E-state index contributed by atoms with van der Waals surface area (Å²) in [4.78, 5) is 72.7. The standard InChI is InChI=1S/C77H140O17P2/c1-5-9-13-17-21-25-29-33-35-39-42-46-50-54-58-62-75(80)88-68-73(94-77(82)64-60-56-52-48-44-40-36-34-30-26-22-18-14-10-6-2)70-92-96(85,86)90-66-71(78)65-89-95(83,84)91-69-72(93-76(81)63-59-55-51-47-43-38-32-28-24-20-16-12-8-4)67-87-74(79)61-57-53-49-45-41-37-31-27-23-19-15-11-7-3/h9,13,21,25,33,35,42,46,54,58,71-73,78H,5-8,10-12,14-20,22-24,26-32,34,36-41,43-45,47-53,55-57,59-70H2,1-4H3,(H,83,84)(H,85,86)/b13-9-,25-21-,35-33-,46-42-,58-54-. The number of aliphatic hydroxyl groups is 1. The maximum absolute atomic E-state index is 13.1. The molecule has 0 aromatic heterocycles. The summed E-state index contributed by atoms with van der Waals surface area (Å²) in [5.74, 6) is -2.29. The van der Waals surface area contributed by atoms with Gasteiger partial charge in [-0.25, -0.2) is 9.13 Å². The van der Waals surface area contributed by atoms with E-state index in [1.54, 1.807) is 6.08 Å². The van der Waals surface area contributed by atoms with E-state index < -0.39 is 97.5 Å². The summed E-state index contributed by atoms with van der Waals surface area (Å²) in [5.41, 5.74) is 0. The number of hydrogen-bond donors (Lipinski definition) is 3. The highest BCUT2D eigenvalue weighted by atomic mass is 31.2. The van der Waals surface area contributed by atoms with Crippen molar-refractivity contribution >= 4 is 39.5 Å². The van der Waals surface area contributed by atoms with E-state index in [0.717, 1.165) is 96.3 Å². The Morgan fingerprint density at radius 1 is 0.302 bits per heavy atom. The molecular weight excluding hydrogens is 1260 g/mol. The molecule has 0 saturated carbocycles. The van der Waals surface area contributed by atoms with Crippen LogP contribution >= 0.6 is 15.6 Å². The van der Waals surface area contributed by atoms with Gasteiger partial charge in [-0.1, -0.05) is 332 Å². The topological polar surface area (TPSA) is 237 Å². The van der Waals surface area contributed by atoms with E-state index in [4.69, 9.17) is 37.0 Å². The number of aliphatic hydroxyl groups excluding tert-OH is 1. The molecule has 0 aromatic carbocycles. The molecule has 17 nitrogen and oxygen atoms in total. The minimum Gasteiger partial charge on any atom is -0.462 e. The minimum atomic E-state index is -4.98. The van der Waals surface area contributed by atoms with Crippen LogP contribution in [0.5, 0.6) is 0 Å². The first-order chi connectivity index (χ1) is 46.7. The first kappa shape index (κ1) is 92.8. The van der Waals surface area contributed by atoms with Crippen molar-refractivity contribution in [2.75, 3.05) is 39.6 Å². The van der Waals surface area contributed by atoms with Crippen LogP contribution in [0.4, 0.5) is 0 Å². The number of allylic oxidation sites excluding steroid dienone is 9. The monoisotopic (exact) mass is 1400 g/mol. The summed E-state index contributed by atoms with van der Waals surface area (Å²) in [6.45, 7) is 4.71. The highest BCUT2D eigenvalue weighted by Gasteiger charge is 2.30. The summed E-state index contributed by atoms with van der Waals surface area (Å²) in [7, 11) is -9.95. The molecule has 0 aliphatic carbocycles. The fraction of sp³-hybridized carbons (Fsp3) is 0.818. The average Bonchev–Trinajstić information content (AvgIpc) is 1.36. The number of carbonyl (C=O) groups excluding carboxylic acids is 4. The molecule has 0 aliphatic heterocycles. The molecule has 5 atom stereocenters. The van der Waals surface area contributed by atoms with Crippen molar-refractivity contribution in [2.45, 2.75) is 367 Å². The molecule has 0 rings (SSSR count). The van der Waals surface area contributed by atoms with Gasteiger partial charge in [0.15, 0.2) is 12.2 Å². The minimum absolute atomic E-state index is 0.0653. The smallest absolute Gasteiger partial charge is 0.462 e. The lowest BCUT2D eigenvalue weighted by Gasteiger charge is -2.21. The molecule has 0 fully saturated rings. The summed E-state index contributed by atoms with van der Waals surface area (Å²) < 4.78 is 68.4. The summed E-state index contributed by atoms with van der Waals surface area (Å²) in [6, 6.07) is 0. The van der Waals surface area contributed by atoms with E-state index in [0.29, 0.717) is 25.7 Å². The molecule has 560 valence electrons. The Balaban J connectivity index is 5.36. The Hall–Kier alpha value is -3.24. The fourth-order valence-electron chi connectivity index (χ4n) is 10.7. The second kappa shape index (κ2) is 70.2. The van der Waals surface area contributed by atoms with Crippen LogP contribution in [0.1, 0.15) is 349 Å². The van der Waals surface area contributed by atoms with Crippen molar-refractivity contribution in [1.29, 1.82) is 0 Å². The number of unbranched alkanes of at least 4 members (excludes halogenated alkanes) is 38. The van der Waals surface area contributed by atoms with Gasteiger partial charge in [0.1, 0.15) is 19.3 Å². The van der Waals surface area contributed by atoms with E-state index in [1.807, 2.05) is 18.2 Å². The molecule has 0 aliphatic rings. The van der Waals surface area contributed by atoms with Crippen molar-refractivity contribution in [3.63, 3.8) is 0 Å². The Kier molecular flexibility index (Phi) is 67.8. The van der Waals surface area contributed by atoms with E-state index in [2.05, 4.69) is 64.2 Å². The highest BCUT2D eigenvalue weighted by molar-refractivity contribution is 7.47. The Morgan fingerprint density at radius 3 is 0.833 bits per heavy atom. The van der Waals surface area contributed by atoms with Crippen LogP contribution in [0.3, 0.4) is 0 Å². The summed E-state index contributed by atoms with van der Waals surface area (Å²) >= 11 is 0. The van der Waals surface area contributed by atoms with Gasteiger partial charge in [0.05, 0.1) is 32.8 Å². The van der Waals surface area contributed by atoms with Gasteiger partial charge in [-0.2, -0.15) is 0 Å². The molecule has 96 heavy (non-hydrogen) atoms. The Labute approximate surface area is 584 Å². The van der Waals surface area contributed by atoms with Crippen LogP contribution in [0, 0.1) is 0 Å². The van der Waals surface area contributed by atoms with E-state index in [9.17, 15) is 43.2 Å². The van der Waals surface area contributed by atoms with Crippen molar-refractivity contribution < 1.29 is 80.2 Å². The second-order valence-electron chi connectivity index (χ2n) is 26.0. The molecule has 0 bridgehead atoms. The lowest BCUT2D eigenvalue weighted by molar-refractivity contribution is -0.161. The molecule has 19 heteroatoms. The van der Waals surface area contributed by atoms with Crippen LogP contribution in [-0.2, 0) is 65.4 Å². The maximum Gasteiger partial charge on any atom is 0.472 e. The van der Waals surface area contributed by atoms with Crippen LogP contribution in [0.25, 0.3) is 0 Å². The third-order valence-electron chi connectivity index (χ3n) is 16.6. The van der Waals surface area contributed by atoms with Gasteiger partial charge in [0.2, 0.25) is 0 Å². The zero-order chi connectivity index (χ0) is 70.4. The van der Waals surface area contributed by atoms with Crippen LogP contribution in [-0.4, -0.2) is 96.7 Å². The summed E-state index contributed by atoms with van der Waals surface area (Å²) in [5, 5.41) is 10.6. The largest absolute Gasteiger partial charge is 0.472 e. The zero-order valence-electron chi connectivity index (χ0n) is 61.1. The third-order valence-corrected chi connectivity index (χ3v) is 18.5.